The first-order chi connectivity index (χ1) is 9.22. The minimum Gasteiger partial charge on any atom is -0.385 e. The summed E-state index contributed by atoms with van der Waals surface area (Å²) >= 11 is 5.82. The van der Waals surface area contributed by atoms with E-state index < -0.39 is 0 Å². The molecule has 1 aromatic rings. The molecule has 5 nitrogen and oxygen atoms in total. The van der Waals surface area contributed by atoms with Crippen LogP contribution in [0.4, 0.5) is 5.95 Å². The quantitative estimate of drug-likeness (QED) is 0.514. The Morgan fingerprint density at radius 3 is 2.53 bits per heavy atom. The molecule has 0 aliphatic carbocycles. The highest BCUT2D eigenvalue weighted by Crippen LogP contribution is 2.13. The predicted octanol–water partition coefficient (Wildman–Crippen LogP) is 2.01. The molecule has 0 spiro atoms. The van der Waals surface area contributed by atoms with Gasteiger partial charge in [-0.1, -0.05) is 0 Å². The van der Waals surface area contributed by atoms with Gasteiger partial charge in [0.1, 0.15) is 0 Å². The van der Waals surface area contributed by atoms with E-state index in [0.717, 1.165) is 43.3 Å². The molecule has 0 saturated heterocycles. The summed E-state index contributed by atoms with van der Waals surface area (Å²) in [6, 6.07) is 0. The van der Waals surface area contributed by atoms with Gasteiger partial charge in [-0.15, -0.1) is 11.6 Å². The Hall–Kier alpha value is -0.910. The maximum absolute atomic E-state index is 5.82. The van der Waals surface area contributed by atoms with Gasteiger partial charge in [0.05, 0.1) is 12.5 Å². The van der Waals surface area contributed by atoms with Crippen molar-refractivity contribution in [3.8, 4) is 0 Å². The van der Waals surface area contributed by atoms with E-state index in [1.54, 1.807) is 20.4 Å². The largest absolute Gasteiger partial charge is 0.385 e. The van der Waals surface area contributed by atoms with E-state index in [-0.39, 0.29) is 0 Å². The molecule has 0 radical (unpaired) electrons. The van der Waals surface area contributed by atoms with Gasteiger partial charge in [-0.25, -0.2) is 9.97 Å². The number of rotatable bonds is 9. The molecule has 1 aromatic heterocycles. The molecule has 0 N–H and O–H groups in total. The first-order valence-corrected chi connectivity index (χ1v) is 6.87. The van der Waals surface area contributed by atoms with Crippen LogP contribution in [0.25, 0.3) is 0 Å². The average Bonchev–Trinajstić information content (AvgIpc) is 2.42. The fourth-order valence-electron chi connectivity index (χ4n) is 1.68. The van der Waals surface area contributed by atoms with Crippen LogP contribution in [0.15, 0.2) is 6.20 Å². The van der Waals surface area contributed by atoms with Crippen molar-refractivity contribution < 1.29 is 9.47 Å². The number of aromatic nitrogens is 2. The van der Waals surface area contributed by atoms with Crippen molar-refractivity contribution in [3.63, 3.8) is 0 Å². The molecule has 108 valence electrons. The Bertz CT molecular complexity index is 377. The molecule has 0 unspecified atom stereocenters. The van der Waals surface area contributed by atoms with E-state index in [4.69, 9.17) is 21.1 Å². The molecule has 0 fully saturated rings. The van der Waals surface area contributed by atoms with Crippen LogP contribution in [0.3, 0.4) is 0 Å². The first-order valence-electron chi connectivity index (χ1n) is 6.34. The summed E-state index contributed by atoms with van der Waals surface area (Å²) in [5.41, 5.74) is 1.89. The number of halogens is 1. The molecule has 6 heteroatoms. The lowest BCUT2D eigenvalue weighted by molar-refractivity contribution is 0.190. The van der Waals surface area contributed by atoms with Crippen LogP contribution >= 0.6 is 11.6 Å². The van der Waals surface area contributed by atoms with Crippen molar-refractivity contribution >= 4 is 17.5 Å². The molecule has 0 aromatic carbocycles. The summed E-state index contributed by atoms with van der Waals surface area (Å²) in [5.74, 6) is 1.16. The molecular formula is C13H22ClN3O2. The second kappa shape index (κ2) is 9.07. The van der Waals surface area contributed by atoms with Gasteiger partial charge in [-0.2, -0.15) is 0 Å². The molecular weight excluding hydrogens is 266 g/mol. The Morgan fingerprint density at radius 2 is 1.95 bits per heavy atom. The molecule has 1 heterocycles. The van der Waals surface area contributed by atoms with Crippen molar-refractivity contribution in [2.45, 2.75) is 19.2 Å². The zero-order valence-corrected chi connectivity index (χ0v) is 12.6. The number of nitrogens with zero attached hydrogens (tertiary/aromatic N) is 3. The van der Waals surface area contributed by atoms with Crippen molar-refractivity contribution in [2.75, 3.05) is 45.4 Å². The second-order valence-electron chi connectivity index (χ2n) is 4.24. The van der Waals surface area contributed by atoms with E-state index in [2.05, 4.69) is 14.9 Å². The lowest BCUT2D eigenvalue weighted by Gasteiger charge is -2.22. The van der Waals surface area contributed by atoms with E-state index in [0.29, 0.717) is 12.5 Å². The van der Waals surface area contributed by atoms with Crippen LogP contribution in [0, 0.1) is 6.92 Å². The summed E-state index contributed by atoms with van der Waals surface area (Å²) in [6.45, 7) is 4.93. The highest BCUT2D eigenvalue weighted by molar-refractivity contribution is 6.17. The fourth-order valence-corrected chi connectivity index (χ4v) is 1.94. The summed E-state index contributed by atoms with van der Waals surface area (Å²) in [4.78, 5) is 11.0. The molecule has 0 amide bonds. The lowest BCUT2D eigenvalue weighted by atomic mass is 10.3. The molecule has 0 saturated carbocycles. The highest BCUT2D eigenvalue weighted by Gasteiger charge is 2.11. The molecule has 0 bridgehead atoms. The smallest absolute Gasteiger partial charge is 0.225 e. The number of hydrogen-bond acceptors (Lipinski definition) is 5. The molecule has 0 atom stereocenters. The Kier molecular flexibility index (Phi) is 7.70. The number of methoxy groups -OCH3 is 2. The molecule has 19 heavy (non-hydrogen) atoms. The summed E-state index contributed by atoms with van der Waals surface area (Å²) in [5, 5.41) is 0. The Balaban J connectivity index is 2.74. The van der Waals surface area contributed by atoms with Crippen molar-refractivity contribution in [1.82, 2.24) is 9.97 Å². The molecule has 1 rings (SSSR count). The number of anilines is 1. The zero-order chi connectivity index (χ0) is 14.1. The van der Waals surface area contributed by atoms with Gasteiger partial charge >= 0.3 is 0 Å². The van der Waals surface area contributed by atoms with Crippen LogP contribution in [0.5, 0.6) is 0 Å². The summed E-state index contributed by atoms with van der Waals surface area (Å²) in [7, 11) is 3.39. The zero-order valence-electron chi connectivity index (χ0n) is 11.9. The van der Waals surface area contributed by atoms with E-state index in [1.165, 1.54) is 0 Å². The third-order valence-electron chi connectivity index (χ3n) is 2.84. The first kappa shape index (κ1) is 16.1. The summed E-state index contributed by atoms with van der Waals surface area (Å²) < 4.78 is 10.2. The van der Waals surface area contributed by atoms with Crippen molar-refractivity contribution in [3.05, 3.63) is 17.5 Å². The summed E-state index contributed by atoms with van der Waals surface area (Å²) in [6.07, 6.45) is 2.72. The van der Waals surface area contributed by atoms with Crippen molar-refractivity contribution in [2.24, 2.45) is 0 Å². The SMILES string of the molecule is COCCCN(CCOC)c1ncc(CCl)c(C)n1. The van der Waals surface area contributed by atoms with Gasteiger partial charge in [0.2, 0.25) is 5.95 Å². The van der Waals surface area contributed by atoms with Crippen molar-refractivity contribution in [1.29, 1.82) is 0 Å². The highest BCUT2D eigenvalue weighted by atomic mass is 35.5. The van der Waals surface area contributed by atoms with Crippen LogP contribution in [-0.2, 0) is 15.4 Å². The topological polar surface area (TPSA) is 47.5 Å². The number of aryl methyl sites for hydroxylation is 1. The van der Waals surface area contributed by atoms with Gasteiger partial charge in [-0.05, 0) is 13.3 Å². The average molecular weight is 288 g/mol. The third-order valence-corrected chi connectivity index (χ3v) is 3.12. The van der Waals surface area contributed by atoms with Crippen LogP contribution in [0.1, 0.15) is 17.7 Å². The monoisotopic (exact) mass is 287 g/mol. The maximum atomic E-state index is 5.82. The van der Waals surface area contributed by atoms with Crippen LogP contribution in [0.2, 0.25) is 0 Å². The van der Waals surface area contributed by atoms with Gasteiger partial charge in [0.15, 0.2) is 0 Å². The van der Waals surface area contributed by atoms with E-state index in [9.17, 15) is 0 Å². The number of ether oxygens (including phenoxy) is 2. The second-order valence-corrected chi connectivity index (χ2v) is 4.51. The van der Waals surface area contributed by atoms with Crippen LogP contribution in [-0.4, -0.2) is 50.5 Å². The minimum absolute atomic E-state index is 0.438. The standard InChI is InChI=1S/C13H22ClN3O2/c1-11-12(9-14)10-15-13(16-11)17(6-8-19-3)5-4-7-18-2/h10H,4-9H2,1-3H3. The molecule has 0 aliphatic rings. The van der Waals surface area contributed by atoms with Gasteiger partial charge in [0.25, 0.3) is 0 Å². The van der Waals surface area contributed by atoms with Gasteiger partial charge in [-0.3, -0.25) is 0 Å². The molecule has 0 aliphatic heterocycles. The normalized spacial score (nSPS) is 10.7. The van der Waals surface area contributed by atoms with Crippen LogP contribution < -0.4 is 4.90 Å². The maximum Gasteiger partial charge on any atom is 0.225 e. The van der Waals surface area contributed by atoms with Gasteiger partial charge in [0, 0.05) is 51.4 Å². The van der Waals surface area contributed by atoms with E-state index in [1.807, 2.05) is 6.92 Å². The fraction of sp³-hybridized carbons (Fsp3) is 0.692. The van der Waals surface area contributed by atoms with Gasteiger partial charge < -0.3 is 14.4 Å². The predicted molar refractivity (Wildman–Crippen MR) is 76.9 cm³/mol. The number of hydrogen-bond donors (Lipinski definition) is 0. The Morgan fingerprint density at radius 1 is 1.21 bits per heavy atom. The third kappa shape index (κ3) is 5.30. The lowest BCUT2D eigenvalue weighted by Crippen LogP contribution is -2.31. The van der Waals surface area contributed by atoms with E-state index >= 15 is 0 Å². The Labute approximate surface area is 119 Å². The number of alkyl halides is 1. The minimum atomic E-state index is 0.438.